The highest BCUT2D eigenvalue weighted by Gasteiger charge is 2.00. The van der Waals surface area contributed by atoms with Gasteiger partial charge in [-0.1, -0.05) is 12.7 Å². The van der Waals surface area contributed by atoms with E-state index in [4.69, 9.17) is 4.74 Å². The SMILES string of the molecule is C=Cc1cnccc1OC(C)C. The lowest BCUT2D eigenvalue weighted by Gasteiger charge is -2.11. The maximum Gasteiger partial charge on any atom is 0.129 e. The van der Waals surface area contributed by atoms with Gasteiger partial charge in [0.25, 0.3) is 0 Å². The summed E-state index contributed by atoms with van der Waals surface area (Å²) in [6.45, 7) is 7.67. The topological polar surface area (TPSA) is 22.1 Å². The fraction of sp³-hybridized carbons (Fsp3) is 0.300. The van der Waals surface area contributed by atoms with Crippen LogP contribution >= 0.6 is 0 Å². The monoisotopic (exact) mass is 163 g/mol. The van der Waals surface area contributed by atoms with Crippen LogP contribution in [0.5, 0.6) is 5.75 Å². The summed E-state index contributed by atoms with van der Waals surface area (Å²) in [5, 5.41) is 0. The average Bonchev–Trinajstić information content (AvgIpc) is 2.04. The number of ether oxygens (including phenoxy) is 1. The Morgan fingerprint density at radius 3 is 2.92 bits per heavy atom. The van der Waals surface area contributed by atoms with Crippen molar-refractivity contribution in [2.45, 2.75) is 20.0 Å². The van der Waals surface area contributed by atoms with Gasteiger partial charge in [0.1, 0.15) is 5.75 Å². The normalized spacial score (nSPS) is 9.92. The molecule has 1 rings (SSSR count). The maximum atomic E-state index is 5.52. The molecule has 0 bridgehead atoms. The van der Waals surface area contributed by atoms with Crippen LogP contribution in [0.15, 0.2) is 25.0 Å². The standard InChI is InChI=1S/C10H13NO/c1-4-9-7-11-6-5-10(9)12-8(2)3/h4-8H,1H2,2-3H3. The first kappa shape index (κ1) is 8.78. The van der Waals surface area contributed by atoms with Gasteiger partial charge in [-0.05, 0) is 19.9 Å². The molecule has 0 aromatic carbocycles. The minimum atomic E-state index is 0.186. The Labute approximate surface area is 72.9 Å². The van der Waals surface area contributed by atoms with E-state index in [2.05, 4.69) is 11.6 Å². The van der Waals surface area contributed by atoms with Gasteiger partial charge in [-0.3, -0.25) is 4.98 Å². The van der Waals surface area contributed by atoms with Gasteiger partial charge in [0, 0.05) is 18.0 Å². The molecule has 0 unspecified atom stereocenters. The largest absolute Gasteiger partial charge is 0.490 e. The first-order valence-electron chi connectivity index (χ1n) is 3.97. The lowest BCUT2D eigenvalue weighted by Crippen LogP contribution is -2.06. The fourth-order valence-corrected chi connectivity index (χ4v) is 0.908. The molecule has 2 nitrogen and oxygen atoms in total. The quantitative estimate of drug-likeness (QED) is 0.683. The summed E-state index contributed by atoms with van der Waals surface area (Å²) in [4.78, 5) is 3.97. The highest BCUT2D eigenvalue weighted by atomic mass is 16.5. The minimum absolute atomic E-state index is 0.186. The second kappa shape index (κ2) is 3.90. The van der Waals surface area contributed by atoms with Gasteiger partial charge in [0.2, 0.25) is 0 Å². The molecule has 1 aromatic heterocycles. The van der Waals surface area contributed by atoms with Crippen molar-refractivity contribution < 1.29 is 4.74 Å². The molecule has 64 valence electrons. The van der Waals surface area contributed by atoms with Crippen molar-refractivity contribution in [1.82, 2.24) is 4.98 Å². The van der Waals surface area contributed by atoms with E-state index in [1.807, 2.05) is 19.9 Å². The van der Waals surface area contributed by atoms with E-state index in [0.29, 0.717) is 0 Å². The van der Waals surface area contributed by atoms with Gasteiger partial charge in [-0.15, -0.1) is 0 Å². The Kier molecular flexibility index (Phi) is 2.86. The predicted octanol–water partition coefficient (Wildman–Crippen LogP) is 2.51. The summed E-state index contributed by atoms with van der Waals surface area (Å²) >= 11 is 0. The molecule has 2 heteroatoms. The van der Waals surface area contributed by atoms with Gasteiger partial charge in [-0.25, -0.2) is 0 Å². The van der Waals surface area contributed by atoms with Crippen molar-refractivity contribution in [3.05, 3.63) is 30.6 Å². The summed E-state index contributed by atoms with van der Waals surface area (Å²) in [5.74, 6) is 0.843. The molecule has 0 aliphatic carbocycles. The lowest BCUT2D eigenvalue weighted by atomic mass is 10.2. The van der Waals surface area contributed by atoms with Crippen LogP contribution in [-0.4, -0.2) is 11.1 Å². The van der Waals surface area contributed by atoms with Crippen molar-refractivity contribution in [3.8, 4) is 5.75 Å². The number of hydrogen-bond donors (Lipinski definition) is 0. The second-order valence-corrected chi connectivity index (χ2v) is 2.78. The van der Waals surface area contributed by atoms with Crippen LogP contribution in [0, 0.1) is 0 Å². The molecule has 0 aliphatic rings. The van der Waals surface area contributed by atoms with Crippen LogP contribution in [0.1, 0.15) is 19.4 Å². The molecule has 0 spiro atoms. The van der Waals surface area contributed by atoms with E-state index in [0.717, 1.165) is 11.3 Å². The molecule has 12 heavy (non-hydrogen) atoms. The molecule has 0 fully saturated rings. The Morgan fingerprint density at radius 1 is 1.58 bits per heavy atom. The van der Waals surface area contributed by atoms with E-state index in [9.17, 15) is 0 Å². The number of nitrogens with zero attached hydrogens (tertiary/aromatic N) is 1. The Balaban J connectivity index is 2.89. The summed E-state index contributed by atoms with van der Waals surface area (Å²) in [6, 6.07) is 1.84. The zero-order valence-electron chi connectivity index (χ0n) is 7.45. The summed E-state index contributed by atoms with van der Waals surface area (Å²) in [7, 11) is 0. The molecular weight excluding hydrogens is 150 g/mol. The predicted molar refractivity (Wildman–Crippen MR) is 50.1 cm³/mol. The van der Waals surface area contributed by atoms with E-state index in [-0.39, 0.29) is 6.10 Å². The van der Waals surface area contributed by atoms with Gasteiger partial charge in [0.05, 0.1) is 6.10 Å². The van der Waals surface area contributed by atoms with Gasteiger partial charge in [-0.2, -0.15) is 0 Å². The van der Waals surface area contributed by atoms with Crippen molar-refractivity contribution in [1.29, 1.82) is 0 Å². The molecule has 1 heterocycles. The summed E-state index contributed by atoms with van der Waals surface area (Å²) in [5.41, 5.74) is 0.936. The molecule has 0 amide bonds. The van der Waals surface area contributed by atoms with Gasteiger partial charge in [0.15, 0.2) is 0 Å². The first-order chi connectivity index (χ1) is 5.74. The maximum absolute atomic E-state index is 5.52. The van der Waals surface area contributed by atoms with E-state index >= 15 is 0 Å². The molecule has 0 atom stereocenters. The van der Waals surface area contributed by atoms with E-state index in [1.165, 1.54) is 0 Å². The summed E-state index contributed by atoms with van der Waals surface area (Å²) in [6.07, 6.45) is 5.38. The Hall–Kier alpha value is -1.31. The van der Waals surface area contributed by atoms with Crippen LogP contribution in [-0.2, 0) is 0 Å². The van der Waals surface area contributed by atoms with Crippen molar-refractivity contribution >= 4 is 6.08 Å². The number of pyridine rings is 1. The van der Waals surface area contributed by atoms with Crippen LogP contribution in [0.4, 0.5) is 0 Å². The smallest absolute Gasteiger partial charge is 0.129 e. The number of aromatic nitrogens is 1. The number of hydrogen-bond acceptors (Lipinski definition) is 2. The molecule has 0 saturated carbocycles. The molecule has 0 aliphatic heterocycles. The minimum Gasteiger partial charge on any atom is -0.490 e. The van der Waals surface area contributed by atoms with Crippen LogP contribution in [0.3, 0.4) is 0 Å². The van der Waals surface area contributed by atoms with Crippen molar-refractivity contribution in [2.24, 2.45) is 0 Å². The molecule has 0 radical (unpaired) electrons. The van der Waals surface area contributed by atoms with Crippen molar-refractivity contribution in [2.75, 3.05) is 0 Å². The lowest BCUT2D eigenvalue weighted by molar-refractivity contribution is 0.241. The second-order valence-electron chi connectivity index (χ2n) is 2.78. The Morgan fingerprint density at radius 2 is 2.33 bits per heavy atom. The highest BCUT2D eigenvalue weighted by molar-refractivity contribution is 5.53. The molecule has 0 saturated heterocycles. The molecular formula is C10H13NO. The van der Waals surface area contributed by atoms with E-state index < -0.39 is 0 Å². The first-order valence-corrected chi connectivity index (χ1v) is 3.97. The van der Waals surface area contributed by atoms with Crippen LogP contribution in [0.25, 0.3) is 6.08 Å². The van der Waals surface area contributed by atoms with Gasteiger partial charge < -0.3 is 4.74 Å². The fourth-order valence-electron chi connectivity index (χ4n) is 0.908. The summed E-state index contributed by atoms with van der Waals surface area (Å²) < 4.78 is 5.52. The number of rotatable bonds is 3. The van der Waals surface area contributed by atoms with Crippen LogP contribution < -0.4 is 4.74 Å². The molecule has 0 N–H and O–H groups in total. The Bertz CT molecular complexity index is 268. The van der Waals surface area contributed by atoms with Crippen LogP contribution in [0.2, 0.25) is 0 Å². The third-order valence-electron chi connectivity index (χ3n) is 1.39. The average molecular weight is 163 g/mol. The van der Waals surface area contributed by atoms with Gasteiger partial charge >= 0.3 is 0 Å². The zero-order valence-corrected chi connectivity index (χ0v) is 7.45. The third kappa shape index (κ3) is 2.09. The molecule has 1 aromatic rings. The van der Waals surface area contributed by atoms with E-state index in [1.54, 1.807) is 18.5 Å². The third-order valence-corrected chi connectivity index (χ3v) is 1.39. The van der Waals surface area contributed by atoms with Crippen molar-refractivity contribution in [3.63, 3.8) is 0 Å². The zero-order chi connectivity index (χ0) is 8.97. The highest BCUT2D eigenvalue weighted by Crippen LogP contribution is 2.18.